The van der Waals surface area contributed by atoms with Gasteiger partial charge in [0.2, 0.25) is 5.91 Å². The van der Waals surface area contributed by atoms with Gasteiger partial charge in [-0.2, -0.15) is 10.5 Å². The molecule has 1 heterocycles. The molecule has 1 aliphatic rings. The van der Waals surface area contributed by atoms with Gasteiger partial charge in [0.15, 0.2) is 0 Å². The maximum atomic E-state index is 12.6. The Morgan fingerprint density at radius 2 is 1.81 bits per heavy atom. The fourth-order valence-corrected chi connectivity index (χ4v) is 2.55. The first-order valence-electron chi connectivity index (χ1n) is 7.09. The third kappa shape index (κ3) is 3.81. The maximum absolute atomic E-state index is 12.6. The largest absolute Gasteiger partial charge is 0.339 e. The van der Waals surface area contributed by atoms with Gasteiger partial charge in [-0.05, 0) is 17.5 Å². The summed E-state index contributed by atoms with van der Waals surface area (Å²) in [5.74, 6) is -0.0185. The summed E-state index contributed by atoms with van der Waals surface area (Å²) in [6, 6.07) is 11.9. The molecule has 0 bridgehead atoms. The molecular formula is C16H18N4O. The molecule has 5 nitrogen and oxygen atoms in total. The molecule has 0 spiro atoms. The van der Waals surface area contributed by atoms with Crippen LogP contribution in [-0.2, 0) is 17.8 Å². The highest BCUT2D eigenvalue weighted by molar-refractivity contribution is 5.82. The molecular weight excluding hydrogens is 264 g/mol. The van der Waals surface area contributed by atoms with Crippen molar-refractivity contribution in [3.05, 3.63) is 35.4 Å². The van der Waals surface area contributed by atoms with E-state index in [0.29, 0.717) is 38.9 Å². The molecule has 1 N–H and O–H groups in total. The zero-order valence-electron chi connectivity index (χ0n) is 11.9. The molecule has 1 aromatic rings. The van der Waals surface area contributed by atoms with Crippen molar-refractivity contribution in [2.24, 2.45) is 0 Å². The average molecular weight is 282 g/mol. The number of carbonyl (C=O) groups is 1. The van der Waals surface area contributed by atoms with Crippen LogP contribution in [0.3, 0.4) is 0 Å². The first kappa shape index (κ1) is 15.0. The number of hydrogen-bond donors (Lipinski definition) is 1. The fraction of sp³-hybridized carbons (Fsp3) is 0.438. The number of rotatable bonds is 5. The number of benzene rings is 1. The number of nitrogens with zero attached hydrogens (tertiary/aromatic N) is 3. The lowest BCUT2D eigenvalue weighted by molar-refractivity contribution is -0.133. The summed E-state index contributed by atoms with van der Waals surface area (Å²) in [6.45, 7) is 1.45. The molecule has 2 rings (SSSR count). The lowest BCUT2D eigenvalue weighted by Crippen LogP contribution is -2.49. The minimum Gasteiger partial charge on any atom is -0.339 e. The Bertz CT molecular complexity index is 567. The Hall–Kier alpha value is -2.37. The van der Waals surface area contributed by atoms with Crippen LogP contribution in [0, 0.1) is 22.7 Å². The van der Waals surface area contributed by atoms with E-state index in [1.165, 1.54) is 11.1 Å². The third-order valence-corrected chi connectivity index (χ3v) is 3.68. The lowest BCUT2D eigenvalue weighted by Gasteiger charge is -2.30. The van der Waals surface area contributed by atoms with Crippen molar-refractivity contribution in [3.63, 3.8) is 0 Å². The molecule has 0 saturated heterocycles. The molecule has 1 aliphatic heterocycles. The summed E-state index contributed by atoms with van der Waals surface area (Å²) in [4.78, 5) is 14.2. The first-order valence-corrected chi connectivity index (χ1v) is 7.09. The van der Waals surface area contributed by atoms with Crippen LogP contribution in [0.5, 0.6) is 0 Å². The normalized spacial score (nSPS) is 16.4. The van der Waals surface area contributed by atoms with Crippen molar-refractivity contribution in [1.29, 1.82) is 10.5 Å². The number of carbonyl (C=O) groups excluding carboxylic acids is 1. The van der Waals surface area contributed by atoms with Gasteiger partial charge in [-0.1, -0.05) is 24.3 Å². The van der Waals surface area contributed by atoms with Gasteiger partial charge < -0.3 is 10.2 Å². The minimum atomic E-state index is -0.266. The Morgan fingerprint density at radius 1 is 1.19 bits per heavy atom. The second-order valence-corrected chi connectivity index (χ2v) is 5.05. The highest BCUT2D eigenvalue weighted by atomic mass is 16.2. The first-order chi connectivity index (χ1) is 10.3. The number of fused-ring (bicyclic) bond motifs is 1. The van der Waals surface area contributed by atoms with Gasteiger partial charge in [-0.3, -0.25) is 4.79 Å². The molecule has 0 aromatic heterocycles. The quantitative estimate of drug-likeness (QED) is 0.884. The SMILES string of the molecule is N#CCCN(CCC#N)C(=O)[C@@H]1Cc2ccccc2CN1. The Morgan fingerprint density at radius 3 is 2.43 bits per heavy atom. The Kier molecular flexibility index (Phi) is 5.31. The molecule has 21 heavy (non-hydrogen) atoms. The van der Waals surface area contributed by atoms with Crippen molar-refractivity contribution in [2.45, 2.75) is 31.8 Å². The summed E-state index contributed by atoms with van der Waals surface area (Å²) in [5.41, 5.74) is 2.41. The number of nitrogens with one attached hydrogen (secondary N) is 1. The summed E-state index contributed by atoms with van der Waals surface area (Å²) >= 11 is 0. The van der Waals surface area contributed by atoms with Crippen LogP contribution in [0.4, 0.5) is 0 Å². The van der Waals surface area contributed by atoms with E-state index in [0.717, 1.165) is 0 Å². The maximum Gasteiger partial charge on any atom is 0.240 e. The van der Waals surface area contributed by atoms with E-state index in [9.17, 15) is 4.79 Å². The smallest absolute Gasteiger partial charge is 0.240 e. The van der Waals surface area contributed by atoms with E-state index in [1.807, 2.05) is 18.2 Å². The zero-order chi connectivity index (χ0) is 15.1. The van der Waals surface area contributed by atoms with Gasteiger partial charge in [-0.15, -0.1) is 0 Å². The molecule has 0 aliphatic carbocycles. The second kappa shape index (κ2) is 7.42. The lowest BCUT2D eigenvalue weighted by atomic mass is 9.95. The standard InChI is InChI=1S/C16H18N4O/c17-7-3-9-20(10-4-8-18)16(21)15-11-13-5-1-2-6-14(13)12-19-15/h1-2,5-6,15,19H,3-4,9-12H2/t15-/m0/s1. The van der Waals surface area contributed by atoms with E-state index < -0.39 is 0 Å². The van der Waals surface area contributed by atoms with Crippen LogP contribution in [0.2, 0.25) is 0 Å². The van der Waals surface area contributed by atoms with E-state index in [4.69, 9.17) is 10.5 Å². The van der Waals surface area contributed by atoms with Crippen LogP contribution in [0.15, 0.2) is 24.3 Å². The number of amides is 1. The van der Waals surface area contributed by atoms with Crippen molar-refractivity contribution in [2.75, 3.05) is 13.1 Å². The molecule has 1 amide bonds. The summed E-state index contributed by atoms with van der Waals surface area (Å²) in [5, 5.41) is 20.6. The Labute approximate surface area is 124 Å². The molecule has 5 heteroatoms. The van der Waals surface area contributed by atoms with Gasteiger partial charge >= 0.3 is 0 Å². The molecule has 0 radical (unpaired) electrons. The van der Waals surface area contributed by atoms with Gasteiger partial charge in [0.05, 0.1) is 31.0 Å². The topological polar surface area (TPSA) is 79.9 Å². The fourth-order valence-electron chi connectivity index (χ4n) is 2.55. The van der Waals surface area contributed by atoms with Crippen LogP contribution >= 0.6 is 0 Å². The monoisotopic (exact) mass is 282 g/mol. The van der Waals surface area contributed by atoms with Gasteiger partial charge in [0, 0.05) is 19.6 Å². The van der Waals surface area contributed by atoms with E-state index in [1.54, 1.807) is 4.90 Å². The summed E-state index contributed by atoms with van der Waals surface area (Å²) in [6.07, 6.45) is 1.24. The molecule has 0 saturated carbocycles. The van der Waals surface area contributed by atoms with Gasteiger partial charge in [0.1, 0.15) is 0 Å². The molecule has 0 unspecified atom stereocenters. The van der Waals surface area contributed by atoms with Crippen LogP contribution in [0.1, 0.15) is 24.0 Å². The number of hydrogen-bond acceptors (Lipinski definition) is 4. The second-order valence-electron chi connectivity index (χ2n) is 5.05. The average Bonchev–Trinajstić information content (AvgIpc) is 2.54. The van der Waals surface area contributed by atoms with Crippen LogP contribution in [0.25, 0.3) is 0 Å². The highest BCUT2D eigenvalue weighted by Crippen LogP contribution is 2.17. The van der Waals surface area contributed by atoms with Crippen LogP contribution < -0.4 is 5.32 Å². The molecule has 1 aromatic carbocycles. The van der Waals surface area contributed by atoms with E-state index >= 15 is 0 Å². The van der Waals surface area contributed by atoms with Crippen molar-refractivity contribution in [3.8, 4) is 12.1 Å². The molecule has 1 atom stereocenters. The van der Waals surface area contributed by atoms with Gasteiger partial charge in [0.25, 0.3) is 0 Å². The zero-order valence-corrected chi connectivity index (χ0v) is 11.9. The molecule has 108 valence electrons. The minimum absolute atomic E-state index is 0.0185. The van der Waals surface area contributed by atoms with E-state index in [-0.39, 0.29) is 11.9 Å². The molecule has 0 fully saturated rings. The predicted octanol–water partition coefficient (Wildman–Crippen LogP) is 1.36. The van der Waals surface area contributed by atoms with E-state index in [2.05, 4.69) is 23.5 Å². The number of nitriles is 2. The van der Waals surface area contributed by atoms with Crippen LogP contribution in [-0.4, -0.2) is 29.9 Å². The van der Waals surface area contributed by atoms with Crippen molar-refractivity contribution in [1.82, 2.24) is 10.2 Å². The third-order valence-electron chi connectivity index (χ3n) is 3.68. The van der Waals surface area contributed by atoms with Crippen molar-refractivity contribution < 1.29 is 4.79 Å². The Balaban J connectivity index is 2.04. The summed E-state index contributed by atoms with van der Waals surface area (Å²) in [7, 11) is 0. The summed E-state index contributed by atoms with van der Waals surface area (Å²) < 4.78 is 0. The van der Waals surface area contributed by atoms with Gasteiger partial charge in [-0.25, -0.2) is 0 Å². The predicted molar refractivity (Wildman–Crippen MR) is 77.8 cm³/mol. The van der Waals surface area contributed by atoms with Crippen molar-refractivity contribution >= 4 is 5.91 Å². The highest BCUT2D eigenvalue weighted by Gasteiger charge is 2.27.